The molecule has 0 heterocycles. The Labute approximate surface area is 105 Å². The van der Waals surface area contributed by atoms with E-state index in [9.17, 15) is 4.79 Å². The van der Waals surface area contributed by atoms with Crippen molar-refractivity contribution in [1.29, 1.82) is 0 Å². The van der Waals surface area contributed by atoms with E-state index in [0.717, 1.165) is 5.56 Å². The number of benzene rings is 2. The molecule has 2 aromatic carbocycles. The molecule has 2 rings (SSSR count). The minimum atomic E-state index is -0.455. The number of phenolic OH excluding ortho intramolecular Hbond substituents is 1. The number of hydrogen-bond acceptors (Lipinski definition) is 3. The maximum absolute atomic E-state index is 11.1. The maximum atomic E-state index is 11.1. The number of hydrogen-bond donors (Lipinski definition) is 2. The molecule has 92 valence electrons. The molecule has 0 bridgehead atoms. The number of phenols is 1. The molecule has 4 nitrogen and oxygen atoms in total. The second-order valence-corrected chi connectivity index (χ2v) is 3.94. The van der Waals surface area contributed by atoms with Gasteiger partial charge in [0.15, 0.2) is 0 Å². The van der Waals surface area contributed by atoms with Gasteiger partial charge in [-0.05, 0) is 55.0 Å². The lowest BCUT2D eigenvalue weighted by molar-refractivity contribution is 0.0999. The summed E-state index contributed by atoms with van der Waals surface area (Å²) in [4.78, 5) is 11.1. The number of amides is 1. The summed E-state index contributed by atoms with van der Waals surface area (Å²) in [5.41, 5.74) is 6.47. The molecule has 0 radical (unpaired) electrons. The van der Waals surface area contributed by atoms with E-state index in [1.807, 2.05) is 0 Å². The first-order chi connectivity index (χ1) is 8.56. The molecule has 2 aromatic rings. The molecule has 0 aliphatic carbocycles. The van der Waals surface area contributed by atoms with Crippen molar-refractivity contribution >= 4 is 5.91 Å². The third-order valence-corrected chi connectivity index (χ3v) is 2.54. The highest BCUT2D eigenvalue weighted by Crippen LogP contribution is 2.25. The molecular weight excluding hydrogens is 230 g/mol. The lowest BCUT2D eigenvalue weighted by Gasteiger charge is -2.08. The molecule has 0 aliphatic rings. The summed E-state index contributed by atoms with van der Waals surface area (Å²) in [6, 6.07) is 11.5. The Morgan fingerprint density at radius 1 is 1.11 bits per heavy atom. The van der Waals surface area contributed by atoms with Gasteiger partial charge >= 0.3 is 0 Å². The van der Waals surface area contributed by atoms with Gasteiger partial charge in [-0.3, -0.25) is 4.79 Å². The molecule has 0 spiro atoms. The lowest BCUT2D eigenvalue weighted by Crippen LogP contribution is -2.12. The van der Waals surface area contributed by atoms with Gasteiger partial charge in [0.05, 0.1) is 0 Å². The zero-order valence-electron chi connectivity index (χ0n) is 9.88. The van der Waals surface area contributed by atoms with E-state index >= 15 is 0 Å². The molecule has 0 fully saturated rings. The van der Waals surface area contributed by atoms with Crippen molar-refractivity contribution in [1.82, 2.24) is 0 Å². The van der Waals surface area contributed by atoms with Crippen LogP contribution in [-0.4, -0.2) is 11.0 Å². The van der Waals surface area contributed by atoms with E-state index in [4.69, 9.17) is 15.6 Å². The first kappa shape index (κ1) is 12.0. The van der Waals surface area contributed by atoms with E-state index < -0.39 is 5.91 Å². The maximum Gasteiger partial charge on any atom is 0.248 e. The average molecular weight is 243 g/mol. The minimum Gasteiger partial charge on any atom is -0.508 e. The fraction of sp³-hybridized carbons (Fsp3) is 0.0714. The Kier molecular flexibility index (Phi) is 3.19. The average Bonchev–Trinajstić information content (AvgIpc) is 2.32. The van der Waals surface area contributed by atoms with Crippen LogP contribution in [0.25, 0.3) is 0 Å². The zero-order valence-corrected chi connectivity index (χ0v) is 9.88. The summed E-state index contributed by atoms with van der Waals surface area (Å²) >= 11 is 0. The van der Waals surface area contributed by atoms with E-state index in [2.05, 4.69) is 0 Å². The predicted molar refractivity (Wildman–Crippen MR) is 67.9 cm³/mol. The third kappa shape index (κ3) is 2.60. The third-order valence-electron chi connectivity index (χ3n) is 2.54. The Morgan fingerprint density at radius 3 is 2.28 bits per heavy atom. The molecule has 3 N–H and O–H groups in total. The number of nitrogens with two attached hydrogens (primary N) is 1. The molecule has 0 saturated carbocycles. The number of carbonyl (C=O) groups excluding carboxylic acids is 1. The fourth-order valence-corrected chi connectivity index (χ4v) is 1.63. The van der Waals surface area contributed by atoms with Crippen molar-refractivity contribution in [3.8, 4) is 17.2 Å². The highest BCUT2D eigenvalue weighted by atomic mass is 16.5. The predicted octanol–water partition coefficient (Wildman–Crippen LogP) is 2.59. The minimum absolute atomic E-state index is 0.183. The van der Waals surface area contributed by atoms with E-state index in [1.165, 1.54) is 0 Å². The van der Waals surface area contributed by atoms with E-state index in [0.29, 0.717) is 17.1 Å². The molecule has 0 saturated heterocycles. The summed E-state index contributed by atoms with van der Waals surface area (Å²) < 4.78 is 5.59. The highest BCUT2D eigenvalue weighted by molar-refractivity contribution is 5.94. The van der Waals surface area contributed by atoms with Gasteiger partial charge in [-0.25, -0.2) is 0 Å². The number of aromatic hydroxyl groups is 1. The summed E-state index contributed by atoms with van der Waals surface area (Å²) in [5, 5.41) is 9.16. The summed E-state index contributed by atoms with van der Waals surface area (Å²) in [7, 11) is 0. The highest BCUT2D eigenvalue weighted by Gasteiger charge is 2.06. The largest absolute Gasteiger partial charge is 0.508 e. The van der Waals surface area contributed by atoms with Crippen molar-refractivity contribution in [2.24, 2.45) is 5.73 Å². The normalized spacial score (nSPS) is 10.1. The molecule has 18 heavy (non-hydrogen) atoms. The van der Waals surface area contributed by atoms with Gasteiger partial charge in [-0.1, -0.05) is 0 Å². The van der Waals surface area contributed by atoms with Crippen molar-refractivity contribution in [3.63, 3.8) is 0 Å². The number of ether oxygens (including phenoxy) is 1. The number of primary amides is 1. The van der Waals surface area contributed by atoms with Crippen LogP contribution in [0.1, 0.15) is 15.9 Å². The Morgan fingerprint density at radius 2 is 1.72 bits per heavy atom. The molecule has 0 unspecified atom stereocenters. The second kappa shape index (κ2) is 4.79. The Hall–Kier alpha value is -2.49. The van der Waals surface area contributed by atoms with Crippen LogP contribution in [0.3, 0.4) is 0 Å². The number of aryl methyl sites for hydroxylation is 1. The van der Waals surface area contributed by atoms with Gasteiger partial charge in [-0.15, -0.1) is 0 Å². The van der Waals surface area contributed by atoms with Gasteiger partial charge in [0.1, 0.15) is 17.2 Å². The smallest absolute Gasteiger partial charge is 0.248 e. The van der Waals surface area contributed by atoms with Crippen LogP contribution < -0.4 is 10.5 Å². The summed E-state index contributed by atoms with van der Waals surface area (Å²) in [6.07, 6.45) is 0. The van der Waals surface area contributed by atoms with Crippen molar-refractivity contribution in [2.45, 2.75) is 6.92 Å². The van der Waals surface area contributed by atoms with Crippen LogP contribution >= 0.6 is 0 Å². The van der Waals surface area contributed by atoms with Gasteiger partial charge in [0.2, 0.25) is 5.91 Å². The fourth-order valence-electron chi connectivity index (χ4n) is 1.63. The van der Waals surface area contributed by atoms with Gasteiger partial charge in [0, 0.05) is 5.56 Å². The topological polar surface area (TPSA) is 72.6 Å². The molecule has 1 amide bonds. The van der Waals surface area contributed by atoms with Gasteiger partial charge in [0.25, 0.3) is 0 Å². The first-order valence-corrected chi connectivity index (χ1v) is 5.43. The van der Waals surface area contributed by atoms with Crippen molar-refractivity contribution in [2.75, 3.05) is 0 Å². The van der Waals surface area contributed by atoms with E-state index in [1.54, 1.807) is 49.4 Å². The number of rotatable bonds is 3. The van der Waals surface area contributed by atoms with Crippen LogP contribution in [0.5, 0.6) is 17.2 Å². The lowest BCUT2D eigenvalue weighted by atomic mass is 10.1. The van der Waals surface area contributed by atoms with Crippen LogP contribution in [0.15, 0.2) is 42.5 Å². The molecule has 0 aliphatic heterocycles. The van der Waals surface area contributed by atoms with Gasteiger partial charge in [-0.2, -0.15) is 0 Å². The molecular formula is C14H13NO3. The number of carbonyl (C=O) groups is 1. The molecule has 0 aromatic heterocycles. The SMILES string of the molecule is Cc1cc(Oc2ccc(O)cc2)ccc1C(N)=O. The molecule has 4 heteroatoms. The zero-order chi connectivity index (χ0) is 13.1. The molecule has 0 atom stereocenters. The Balaban J connectivity index is 2.22. The first-order valence-electron chi connectivity index (χ1n) is 5.43. The van der Waals surface area contributed by atoms with Crippen LogP contribution in [0.4, 0.5) is 0 Å². The van der Waals surface area contributed by atoms with Crippen molar-refractivity contribution in [3.05, 3.63) is 53.6 Å². The summed E-state index contributed by atoms with van der Waals surface area (Å²) in [6.45, 7) is 1.80. The van der Waals surface area contributed by atoms with E-state index in [-0.39, 0.29) is 5.75 Å². The monoisotopic (exact) mass is 243 g/mol. The van der Waals surface area contributed by atoms with Crippen LogP contribution in [0.2, 0.25) is 0 Å². The quantitative estimate of drug-likeness (QED) is 0.870. The van der Waals surface area contributed by atoms with Crippen LogP contribution in [-0.2, 0) is 0 Å². The van der Waals surface area contributed by atoms with Gasteiger partial charge < -0.3 is 15.6 Å². The van der Waals surface area contributed by atoms with Crippen LogP contribution in [0, 0.1) is 6.92 Å². The Bertz CT molecular complexity index is 576. The second-order valence-electron chi connectivity index (χ2n) is 3.94. The standard InChI is InChI=1S/C14H13NO3/c1-9-8-12(6-7-13(9)14(15)17)18-11-4-2-10(16)3-5-11/h2-8,16H,1H3,(H2,15,17). The summed E-state index contributed by atoms with van der Waals surface area (Å²) in [5.74, 6) is 0.952. The van der Waals surface area contributed by atoms with Crippen molar-refractivity contribution < 1.29 is 14.6 Å².